The lowest BCUT2D eigenvalue weighted by Crippen LogP contribution is -2.29. The zero-order chi connectivity index (χ0) is 13.8. The van der Waals surface area contributed by atoms with Crippen LogP contribution in [0.5, 0.6) is 5.75 Å². The lowest BCUT2D eigenvalue weighted by Gasteiger charge is -2.19. The molecule has 0 amide bonds. The van der Waals surface area contributed by atoms with Gasteiger partial charge in [-0.15, -0.1) is 0 Å². The number of hydrogen-bond acceptors (Lipinski definition) is 3. The molecule has 3 rings (SSSR count). The molecule has 0 saturated heterocycles. The molecule has 0 radical (unpaired) electrons. The second-order valence-corrected chi connectivity index (χ2v) is 5.31. The first-order valence-electron chi connectivity index (χ1n) is 7.22. The van der Waals surface area contributed by atoms with E-state index in [0.29, 0.717) is 12.5 Å². The third-order valence-corrected chi connectivity index (χ3v) is 3.98. The lowest BCUT2D eigenvalue weighted by atomic mass is 9.95. The Kier molecular flexibility index (Phi) is 3.97. The summed E-state index contributed by atoms with van der Waals surface area (Å²) in [5.74, 6) is 1.29. The fraction of sp³-hybridized carbons (Fsp3) is 0.353. The number of rotatable bonds is 5. The van der Waals surface area contributed by atoms with Gasteiger partial charge in [0.1, 0.15) is 5.75 Å². The topological polar surface area (TPSA) is 48.1 Å². The summed E-state index contributed by atoms with van der Waals surface area (Å²) in [6, 6.07) is 14.2. The molecule has 20 heavy (non-hydrogen) atoms. The third-order valence-electron chi connectivity index (χ3n) is 3.98. The van der Waals surface area contributed by atoms with Gasteiger partial charge in [-0.2, -0.15) is 0 Å². The molecule has 1 aromatic heterocycles. The van der Waals surface area contributed by atoms with Crippen molar-refractivity contribution in [1.29, 1.82) is 0 Å². The van der Waals surface area contributed by atoms with Crippen LogP contribution in [0.25, 0.3) is 0 Å². The second-order valence-electron chi connectivity index (χ2n) is 5.31. The van der Waals surface area contributed by atoms with Gasteiger partial charge in [0.05, 0.1) is 6.61 Å². The highest BCUT2D eigenvalue weighted by Crippen LogP contribution is 2.33. The monoisotopic (exact) mass is 268 g/mol. The van der Waals surface area contributed by atoms with Gasteiger partial charge >= 0.3 is 0 Å². The Morgan fingerprint density at radius 1 is 1.20 bits per heavy atom. The Morgan fingerprint density at radius 3 is 2.90 bits per heavy atom. The van der Waals surface area contributed by atoms with Gasteiger partial charge in [0.25, 0.3) is 0 Å². The molecule has 2 atom stereocenters. The minimum absolute atomic E-state index is 0.120. The number of para-hydroxylation sites is 1. The highest BCUT2D eigenvalue weighted by Gasteiger charge is 2.28. The summed E-state index contributed by atoms with van der Waals surface area (Å²) in [5.41, 5.74) is 8.89. The summed E-state index contributed by atoms with van der Waals surface area (Å²) in [6.45, 7) is 0.657. The van der Waals surface area contributed by atoms with Crippen LogP contribution in [0.2, 0.25) is 0 Å². The summed E-state index contributed by atoms with van der Waals surface area (Å²) in [4.78, 5) is 4.51. The predicted molar refractivity (Wildman–Crippen MR) is 79.8 cm³/mol. The van der Waals surface area contributed by atoms with E-state index >= 15 is 0 Å². The number of hydrogen-bond donors (Lipinski definition) is 1. The summed E-state index contributed by atoms with van der Waals surface area (Å²) in [6.07, 6.45) is 4.93. The van der Waals surface area contributed by atoms with Crippen molar-refractivity contribution < 1.29 is 4.74 Å². The van der Waals surface area contributed by atoms with Crippen LogP contribution in [0.1, 0.15) is 30.0 Å². The van der Waals surface area contributed by atoms with Crippen molar-refractivity contribution in [1.82, 2.24) is 4.98 Å². The summed E-state index contributed by atoms with van der Waals surface area (Å²) in [7, 11) is 0. The molecule has 104 valence electrons. The zero-order valence-corrected chi connectivity index (χ0v) is 11.5. The Hall–Kier alpha value is -1.87. The molecule has 0 saturated carbocycles. The van der Waals surface area contributed by atoms with Crippen molar-refractivity contribution in [2.24, 2.45) is 5.73 Å². The molecule has 1 heterocycles. The number of aromatic nitrogens is 1. The van der Waals surface area contributed by atoms with Crippen LogP contribution in [0, 0.1) is 0 Å². The van der Waals surface area contributed by atoms with E-state index in [2.05, 4.69) is 11.1 Å². The maximum Gasteiger partial charge on any atom is 0.119 e. The number of aryl methyl sites for hydroxylation is 1. The minimum Gasteiger partial charge on any atom is -0.494 e. The van der Waals surface area contributed by atoms with Crippen LogP contribution in [-0.4, -0.2) is 17.6 Å². The van der Waals surface area contributed by atoms with E-state index < -0.39 is 0 Å². The molecule has 0 bridgehead atoms. The van der Waals surface area contributed by atoms with E-state index in [9.17, 15) is 0 Å². The first-order chi connectivity index (χ1) is 9.84. The van der Waals surface area contributed by atoms with Gasteiger partial charge in [-0.3, -0.25) is 4.98 Å². The largest absolute Gasteiger partial charge is 0.494 e. The van der Waals surface area contributed by atoms with Crippen molar-refractivity contribution in [3.05, 3.63) is 59.9 Å². The van der Waals surface area contributed by atoms with Gasteiger partial charge in [-0.05, 0) is 43.0 Å². The van der Waals surface area contributed by atoms with Crippen LogP contribution in [-0.2, 0) is 6.42 Å². The molecule has 2 N–H and O–H groups in total. The van der Waals surface area contributed by atoms with Crippen LogP contribution in [0.3, 0.4) is 0 Å². The highest BCUT2D eigenvalue weighted by molar-refractivity contribution is 5.29. The minimum atomic E-state index is 0.120. The molecular weight excluding hydrogens is 248 g/mol. The summed E-state index contributed by atoms with van der Waals surface area (Å²) >= 11 is 0. The Bertz CT molecular complexity index is 556. The molecule has 3 heteroatoms. The fourth-order valence-corrected chi connectivity index (χ4v) is 2.89. The van der Waals surface area contributed by atoms with Crippen LogP contribution in [0.4, 0.5) is 0 Å². The molecule has 1 aliphatic rings. The zero-order valence-electron chi connectivity index (χ0n) is 11.5. The number of nitrogens with two attached hydrogens (primary N) is 1. The SMILES string of the molecule is NC(CCOc1ccccc1)C1CCc2cccnc21. The van der Waals surface area contributed by atoms with Gasteiger partial charge in [-0.1, -0.05) is 24.3 Å². The lowest BCUT2D eigenvalue weighted by molar-refractivity contribution is 0.287. The van der Waals surface area contributed by atoms with E-state index in [1.54, 1.807) is 0 Å². The van der Waals surface area contributed by atoms with Crippen molar-refractivity contribution in [3.63, 3.8) is 0 Å². The summed E-state index contributed by atoms with van der Waals surface area (Å²) in [5, 5.41) is 0. The van der Waals surface area contributed by atoms with Crippen molar-refractivity contribution in [2.75, 3.05) is 6.61 Å². The molecule has 0 aliphatic heterocycles. The standard InChI is InChI=1S/C17H20N2O/c18-16(10-12-20-14-6-2-1-3-7-14)15-9-8-13-5-4-11-19-17(13)15/h1-7,11,15-16H,8-10,12,18H2. The quantitative estimate of drug-likeness (QED) is 0.907. The van der Waals surface area contributed by atoms with Gasteiger partial charge in [0.2, 0.25) is 0 Å². The van der Waals surface area contributed by atoms with Crippen molar-refractivity contribution in [2.45, 2.75) is 31.2 Å². The van der Waals surface area contributed by atoms with Gasteiger partial charge < -0.3 is 10.5 Å². The normalized spacial score (nSPS) is 18.6. The molecule has 2 aromatic rings. The molecule has 1 aromatic carbocycles. The molecule has 1 aliphatic carbocycles. The maximum atomic E-state index is 6.34. The Morgan fingerprint density at radius 2 is 2.05 bits per heavy atom. The first kappa shape index (κ1) is 13.1. The number of ether oxygens (including phenoxy) is 1. The summed E-state index contributed by atoms with van der Waals surface area (Å²) < 4.78 is 5.72. The van der Waals surface area contributed by atoms with E-state index in [4.69, 9.17) is 10.5 Å². The molecule has 0 fully saturated rings. The smallest absolute Gasteiger partial charge is 0.119 e. The van der Waals surface area contributed by atoms with Crippen LogP contribution < -0.4 is 10.5 Å². The van der Waals surface area contributed by atoms with Crippen molar-refractivity contribution >= 4 is 0 Å². The maximum absolute atomic E-state index is 6.34. The number of pyridine rings is 1. The second kappa shape index (κ2) is 6.06. The number of fused-ring (bicyclic) bond motifs is 1. The Balaban J connectivity index is 1.54. The molecule has 2 unspecified atom stereocenters. The van der Waals surface area contributed by atoms with Crippen LogP contribution in [0.15, 0.2) is 48.7 Å². The van der Waals surface area contributed by atoms with Gasteiger partial charge in [-0.25, -0.2) is 0 Å². The van der Waals surface area contributed by atoms with E-state index in [1.807, 2.05) is 42.6 Å². The van der Waals surface area contributed by atoms with Crippen molar-refractivity contribution in [3.8, 4) is 5.75 Å². The van der Waals surface area contributed by atoms with Gasteiger partial charge in [0.15, 0.2) is 0 Å². The third kappa shape index (κ3) is 2.83. The molecule has 0 spiro atoms. The van der Waals surface area contributed by atoms with E-state index in [1.165, 1.54) is 11.3 Å². The van der Waals surface area contributed by atoms with E-state index in [-0.39, 0.29) is 6.04 Å². The molecule has 3 nitrogen and oxygen atoms in total. The Labute approximate surface area is 119 Å². The average Bonchev–Trinajstić information content (AvgIpc) is 2.92. The number of benzene rings is 1. The van der Waals surface area contributed by atoms with Crippen LogP contribution >= 0.6 is 0 Å². The fourth-order valence-electron chi connectivity index (χ4n) is 2.89. The highest BCUT2D eigenvalue weighted by atomic mass is 16.5. The molecular formula is C17H20N2O. The van der Waals surface area contributed by atoms with E-state index in [0.717, 1.165) is 25.0 Å². The van der Waals surface area contributed by atoms with Gasteiger partial charge in [0, 0.05) is 23.9 Å². The number of nitrogens with zero attached hydrogens (tertiary/aromatic N) is 1. The average molecular weight is 268 g/mol. The predicted octanol–water partition coefficient (Wildman–Crippen LogP) is 2.91. The first-order valence-corrected chi connectivity index (χ1v) is 7.22.